The highest BCUT2D eigenvalue weighted by Gasteiger charge is 2.27. The topological polar surface area (TPSA) is 49.8 Å². The largest absolute Gasteiger partial charge is 0.505 e. The van der Waals surface area contributed by atoms with Gasteiger partial charge in [-0.3, -0.25) is 4.79 Å². The minimum absolute atomic E-state index is 0.132. The van der Waals surface area contributed by atoms with Crippen LogP contribution in [0.2, 0.25) is 5.02 Å². The van der Waals surface area contributed by atoms with Gasteiger partial charge in [0.1, 0.15) is 11.9 Å². The lowest BCUT2D eigenvalue weighted by atomic mass is 10.1. The van der Waals surface area contributed by atoms with E-state index in [9.17, 15) is 18.7 Å². The fourth-order valence-electron chi connectivity index (χ4n) is 2.80. The Labute approximate surface area is 148 Å². The number of hydrogen-bond donors (Lipinski definition) is 1. The van der Waals surface area contributed by atoms with E-state index in [4.69, 9.17) is 16.3 Å². The minimum Gasteiger partial charge on any atom is -0.505 e. The summed E-state index contributed by atoms with van der Waals surface area (Å²) in [7, 11) is 0. The van der Waals surface area contributed by atoms with Crippen LogP contribution >= 0.6 is 11.6 Å². The lowest BCUT2D eigenvalue weighted by molar-refractivity contribution is -0.138. The van der Waals surface area contributed by atoms with E-state index in [2.05, 4.69) is 0 Å². The monoisotopic (exact) mass is 367 g/mol. The molecule has 7 heteroatoms. The maximum atomic E-state index is 13.9. The van der Waals surface area contributed by atoms with Crippen molar-refractivity contribution < 1.29 is 23.4 Å². The lowest BCUT2D eigenvalue weighted by Gasteiger charge is -2.33. The molecule has 0 radical (unpaired) electrons. The Bertz CT molecular complexity index is 800. The van der Waals surface area contributed by atoms with E-state index in [1.54, 1.807) is 4.90 Å². The number of nitrogens with zero attached hydrogens (tertiary/aromatic N) is 1. The first-order valence-corrected chi connectivity index (χ1v) is 8.14. The predicted molar refractivity (Wildman–Crippen MR) is 88.5 cm³/mol. The molecule has 132 valence electrons. The zero-order chi connectivity index (χ0) is 18.0. The molecule has 0 aliphatic carbocycles. The fourth-order valence-corrected chi connectivity index (χ4v) is 3.09. The van der Waals surface area contributed by atoms with Gasteiger partial charge in [-0.2, -0.15) is 0 Å². The molecule has 1 heterocycles. The number of hydrogen-bond acceptors (Lipinski definition) is 3. The van der Waals surface area contributed by atoms with E-state index in [0.29, 0.717) is 18.7 Å². The molecule has 0 bridgehead atoms. The van der Waals surface area contributed by atoms with E-state index in [1.807, 2.05) is 0 Å². The van der Waals surface area contributed by atoms with Gasteiger partial charge in [0.25, 0.3) is 0 Å². The number of carbonyl (C=O) groups is 1. The van der Waals surface area contributed by atoms with Crippen LogP contribution in [-0.4, -0.2) is 35.6 Å². The predicted octanol–water partition coefficient (Wildman–Crippen LogP) is 3.47. The lowest BCUT2D eigenvalue weighted by Crippen LogP contribution is -2.43. The molecule has 1 aliphatic rings. The van der Waals surface area contributed by atoms with Gasteiger partial charge in [-0.1, -0.05) is 29.8 Å². The number of carbonyl (C=O) groups excluding carboxylic acids is 1. The third-order valence-corrected chi connectivity index (χ3v) is 4.46. The van der Waals surface area contributed by atoms with Gasteiger partial charge in [0, 0.05) is 22.7 Å². The van der Waals surface area contributed by atoms with Crippen molar-refractivity contribution in [2.75, 3.05) is 19.7 Å². The number of rotatable bonds is 3. The van der Waals surface area contributed by atoms with Crippen LogP contribution in [0.3, 0.4) is 0 Å². The van der Waals surface area contributed by atoms with Crippen LogP contribution in [-0.2, 0) is 16.0 Å². The maximum Gasteiger partial charge on any atom is 0.227 e. The van der Waals surface area contributed by atoms with Crippen LogP contribution in [0.15, 0.2) is 36.4 Å². The average molecular weight is 368 g/mol. The van der Waals surface area contributed by atoms with E-state index >= 15 is 0 Å². The van der Waals surface area contributed by atoms with Crippen LogP contribution < -0.4 is 0 Å². The Hall–Kier alpha value is -2.18. The van der Waals surface area contributed by atoms with Crippen LogP contribution in [0.5, 0.6) is 5.75 Å². The molecule has 0 aromatic heterocycles. The summed E-state index contributed by atoms with van der Waals surface area (Å²) in [6.45, 7) is 0.909. The molecule has 2 aromatic rings. The molecule has 0 spiro atoms. The molecule has 1 fully saturated rings. The van der Waals surface area contributed by atoms with E-state index in [-0.39, 0.29) is 29.5 Å². The normalized spacial score (nSPS) is 17.6. The average Bonchev–Trinajstić information content (AvgIpc) is 2.59. The quantitative estimate of drug-likeness (QED) is 0.903. The van der Waals surface area contributed by atoms with Crippen molar-refractivity contribution in [1.29, 1.82) is 0 Å². The number of amides is 1. The van der Waals surface area contributed by atoms with Crippen LogP contribution in [0.1, 0.15) is 17.2 Å². The van der Waals surface area contributed by atoms with Crippen molar-refractivity contribution in [2.24, 2.45) is 0 Å². The van der Waals surface area contributed by atoms with Gasteiger partial charge in [-0.05, 0) is 18.2 Å². The summed E-state index contributed by atoms with van der Waals surface area (Å²) in [5.74, 6) is -2.00. The van der Waals surface area contributed by atoms with Crippen molar-refractivity contribution in [3.05, 3.63) is 64.2 Å². The first-order valence-electron chi connectivity index (χ1n) is 7.76. The molecule has 25 heavy (non-hydrogen) atoms. The Morgan fingerprint density at radius 1 is 1.32 bits per heavy atom. The summed E-state index contributed by atoms with van der Waals surface area (Å²) in [5, 5.41) is 9.64. The maximum absolute atomic E-state index is 13.9. The van der Waals surface area contributed by atoms with Crippen molar-refractivity contribution >= 4 is 17.5 Å². The summed E-state index contributed by atoms with van der Waals surface area (Å²) in [5.41, 5.74) is 0.733. The molecular weight excluding hydrogens is 352 g/mol. The van der Waals surface area contributed by atoms with Crippen LogP contribution in [0, 0.1) is 11.6 Å². The highest BCUT2D eigenvalue weighted by Crippen LogP contribution is 2.29. The Morgan fingerprint density at radius 3 is 2.88 bits per heavy atom. The Balaban J connectivity index is 1.72. The molecule has 1 aliphatic heterocycles. The zero-order valence-electron chi connectivity index (χ0n) is 13.2. The van der Waals surface area contributed by atoms with Crippen molar-refractivity contribution in [3.8, 4) is 5.75 Å². The third-order valence-electron chi connectivity index (χ3n) is 4.13. The molecule has 1 unspecified atom stereocenters. The number of aromatic hydroxyl groups is 1. The van der Waals surface area contributed by atoms with Gasteiger partial charge in [0.05, 0.1) is 19.6 Å². The standard InChI is InChI=1S/C18H16ClF2NO3/c19-14-9-12(20)4-5-13(14)16-10-22(6-7-25-16)17(24)8-11-2-1-3-15(23)18(11)21/h1-5,9,16,23H,6-8,10H2. The zero-order valence-corrected chi connectivity index (χ0v) is 14.0. The number of ether oxygens (including phenoxy) is 1. The molecule has 1 N–H and O–H groups in total. The highest BCUT2D eigenvalue weighted by atomic mass is 35.5. The Morgan fingerprint density at radius 2 is 2.12 bits per heavy atom. The smallest absolute Gasteiger partial charge is 0.227 e. The number of phenols is 1. The molecule has 1 saturated heterocycles. The second-order valence-electron chi connectivity index (χ2n) is 5.79. The molecular formula is C18H16ClF2NO3. The summed E-state index contributed by atoms with van der Waals surface area (Å²) in [6, 6.07) is 8.19. The van der Waals surface area contributed by atoms with Crippen molar-refractivity contribution in [2.45, 2.75) is 12.5 Å². The summed E-state index contributed by atoms with van der Waals surface area (Å²) < 4.78 is 32.7. The van der Waals surface area contributed by atoms with E-state index in [1.165, 1.54) is 36.4 Å². The second kappa shape index (κ2) is 7.37. The third kappa shape index (κ3) is 3.91. The second-order valence-corrected chi connectivity index (χ2v) is 6.20. The number of benzene rings is 2. The molecule has 2 aromatic carbocycles. The molecule has 4 nitrogen and oxygen atoms in total. The van der Waals surface area contributed by atoms with Crippen LogP contribution in [0.25, 0.3) is 0 Å². The van der Waals surface area contributed by atoms with E-state index < -0.39 is 23.5 Å². The summed E-state index contributed by atoms with van der Waals surface area (Å²) in [4.78, 5) is 14.0. The van der Waals surface area contributed by atoms with Gasteiger partial charge < -0.3 is 14.7 Å². The van der Waals surface area contributed by atoms with E-state index in [0.717, 1.165) is 0 Å². The summed E-state index contributed by atoms with van der Waals surface area (Å²) in [6.07, 6.45) is -0.635. The number of morpholine rings is 1. The van der Waals surface area contributed by atoms with Crippen molar-refractivity contribution in [3.63, 3.8) is 0 Å². The SMILES string of the molecule is O=C(Cc1cccc(O)c1F)N1CCOC(c2ccc(F)cc2Cl)C1. The highest BCUT2D eigenvalue weighted by molar-refractivity contribution is 6.31. The molecule has 1 amide bonds. The van der Waals surface area contributed by atoms with Gasteiger partial charge in [0.15, 0.2) is 11.6 Å². The number of phenolic OH excluding ortho intramolecular Hbond substituents is 1. The molecule has 0 saturated carbocycles. The Kier molecular flexibility index (Phi) is 5.20. The first-order chi connectivity index (χ1) is 12.0. The van der Waals surface area contributed by atoms with Gasteiger partial charge >= 0.3 is 0 Å². The molecule has 3 rings (SSSR count). The number of halogens is 3. The summed E-state index contributed by atoms with van der Waals surface area (Å²) >= 11 is 6.06. The minimum atomic E-state index is -0.790. The molecule has 1 atom stereocenters. The van der Waals surface area contributed by atoms with Crippen molar-refractivity contribution in [1.82, 2.24) is 4.90 Å². The van der Waals surface area contributed by atoms with Gasteiger partial charge in [-0.15, -0.1) is 0 Å². The van der Waals surface area contributed by atoms with Crippen LogP contribution in [0.4, 0.5) is 8.78 Å². The van der Waals surface area contributed by atoms with Gasteiger partial charge in [-0.25, -0.2) is 8.78 Å². The van der Waals surface area contributed by atoms with Gasteiger partial charge in [0.2, 0.25) is 5.91 Å². The first kappa shape index (κ1) is 17.6. The fraction of sp³-hybridized carbons (Fsp3) is 0.278.